The summed E-state index contributed by atoms with van der Waals surface area (Å²) in [5.74, 6) is 0.348. The molecule has 1 N–H and O–H groups in total. The quantitative estimate of drug-likeness (QED) is 0.321. The molecule has 8 heteroatoms. The van der Waals surface area contributed by atoms with E-state index in [-0.39, 0.29) is 12.1 Å². The lowest BCUT2D eigenvalue weighted by molar-refractivity contribution is 0.143. The number of hydrogen-bond acceptors (Lipinski definition) is 5. The molecule has 0 radical (unpaired) electrons. The van der Waals surface area contributed by atoms with Gasteiger partial charge in [0.25, 0.3) is 0 Å². The molecule has 0 bridgehead atoms. The summed E-state index contributed by atoms with van der Waals surface area (Å²) in [7, 11) is 5.69. The Morgan fingerprint density at radius 1 is 1.03 bits per heavy atom. The van der Waals surface area contributed by atoms with E-state index in [2.05, 4.69) is 75.6 Å². The summed E-state index contributed by atoms with van der Waals surface area (Å²) in [5, 5.41) is 5.06. The average molecular weight is 520 g/mol. The van der Waals surface area contributed by atoms with Gasteiger partial charge < -0.3 is 19.7 Å². The van der Waals surface area contributed by atoms with Gasteiger partial charge in [0.15, 0.2) is 0 Å². The van der Waals surface area contributed by atoms with Crippen molar-refractivity contribution >= 4 is 33.7 Å². The number of benzene rings is 2. The summed E-state index contributed by atoms with van der Waals surface area (Å²) in [6, 6.07) is 17.2. The van der Waals surface area contributed by atoms with Crippen molar-refractivity contribution in [1.82, 2.24) is 29.3 Å². The minimum atomic E-state index is 0.0487. The highest BCUT2D eigenvalue weighted by Crippen LogP contribution is 2.37. The van der Waals surface area contributed by atoms with Crippen molar-refractivity contribution in [2.75, 3.05) is 32.5 Å². The molecule has 1 aliphatic heterocycles. The highest BCUT2D eigenvalue weighted by atomic mass is 16.2. The molecule has 0 spiro atoms. The fraction of sp³-hybridized carbons (Fsp3) is 0.290. The lowest BCUT2D eigenvalue weighted by Crippen LogP contribution is -2.45. The number of aryl methyl sites for hydroxylation is 1. The summed E-state index contributed by atoms with van der Waals surface area (Å²) in [6.45, 7) is 1.48. The Labute approximate surface area is 228 Å². The highest BCUT2D eigenvalue weighted by Gasteiger charge is 2.30. The fourth-order valence-electron chi connectivity index (χ4n) is 5.73. The Bertz CT molecular complexity index is 1620. The molecule has 1 unspecified atom stereocenters. The molecule has 2 aromatic carbocycles. The van der Waals surface area contributed by atoms with Crippen LogP contribution in [0, 0.1) is 5.92 Å². The number of nitrogens with one attached hydrogen (secondary N) is 1. The van der Waals surface area contributed by atoms with E-state index in [0.717, 1.165) is 59.3 Å². The second kappa shape index (κ2) is 10.4. The third-order valence-electron chi connectivity index (χ3n) is 7.80. The molecule has 39 heavy (non-hydrogen) atoms. The minimum Gasteiger partial charge on any atom is -0.378 e. The molecule has 1 saturated heterocycles. The van der Waals surface area contributed by atoms with Crippen LogP contribution in [0.2, 0.25) is 0 Å². The van der Waals surface area contributed by atoms with Crippen molar-refractivity contribution in [3.8, 4) is 11.1 Å². The van der Waals surface area contributed by atoms with Gasteiger partial charge in [0.05, 0.1) is 17.1 Å². The Kier molecular flexibility index (Phi) is 6.60. The number of fused-ring (bicyclic) bond motifs is 2. The van der Waals surface area contributed by atoms with Crippen molar-refractivity contribution in [3.05, 3.63) is 85.1 Å². The Hall–Kier alpha value is -4.46. The third-order valence-corrected chi connectivity index (χ3v) is 7.80. The van der Waals surface area contributed by atoms with Gasteiger partial charge in [-0.05, 0) is 65.6 Å². The second-order valence-electron chi connectivity index (χ2n) is 10.6. The maximum atomic E-state index is 12.5. The fourth-order valence-corrected chi connectivity index (χ4v) is 5.73. The highest BCUT2D eigenvalue weighted by molar-refractivity contribution is 5.97. The number of carbonyl (C=O) groups is 1. The number of rotatable bonds is 5. The second-order valence-corrected chi connectivity index (χ2v) is 10.6. The number of likely N-dealkylation sites (tertiary alicyclic amines) is 1. The minimum absolute atomic E-state index is 0.0487. The number of aromatic nitrogens is 4. The standard InChI is InChI=1S/C31H33N7O/c1-36(2)31(39)38-15-9-22(10-16-38)29(24-5-4-11-32-20-24)35-25-18-26(30-27(19-25)33-12-13-34-30)23-7-6-21-8-14-37(3)28(21)17-23/h4-8,11-14,17-20,22,29,35H,9-10,15-16H2,1-3H3. The Morgan fingerprint density at radius 3 is 2.62 bits per heavy atom. The molecule has 1 aliphatic rings. The Balaban J connectivity index is 1.37. The van der Waals surface area contributed by atoms with Gasteiger partial charge in [-0.15, -0.1) is 0 Å². The first-order valence-corrected chi connectivity index (χ1v) is 13.4. The van der Waals surface area contributed by atoms with Crippen LogP contribution in [0.5, 0.6) is 0 Å². The van der Waals surface area contributed by atoms with E-state index >= 15 is 0 Å². The number of pyridine rings is 1. The largest absolute Gasteiger partial charge is 0.378 e. The molecule has 3 aromatic heterocycles. The lowest BCUT2D eigenvalue weighted by atomic mass is 9.85. The monoisotopic (exact) mass is 519 g/mol. The zero-order valence-corrected chi connectivity index (χ0v) is 22.6. The first-order valence-electron chi connectivity index (χ1n) is 13.4. The topological polar surface area (TPSA) is 79.2 Å². The van der Waals surface area contributed by atoms with E-state index < -0.39 is 0 Å². The van der Waals surface area contributed by atoms with Crippen LogP contribution < -0.4 is 5.32 Å². The average Bonchev–Trinajstić information content (AvgIpc) is 3.35. The number of hydrogen-bond donors (Lipinski definition) is 1. The van der Waals surface area contributed by atoms with E-state index in [9.17, 15) is 4.79 Å². The number of anilines is 1. The summed E-state index contributed by atoms with van der Waals surface area (Å²) in [6.07, 6.45) is 11.2. The molecule has 1 fully saturated rings. The first-order chi connectivity index (χ1) is 19.0. The van der Waals surface area contributed by atoms with Gasteiger partial charge in [0, 0.05) is 82.0 Å². The number of amides is 2. The number of urea groups is 1. The lowest BCUT2D eigenvalue weighted by Gasteiger charge is -2.37. The molecule has 6 rings (SSSR count). The van der Waals surface area contributed by atoms with Crippen molar-refractivity contribution in [3.63, 3.8) is 0 Å². The van der Waals surface area contributed by atoms with Gasteiger partial charge >= 0.3 is 6.03 Å². The van der Waals surface area contributed by atoms with Gasteiger partial charge in [0.1, 0.15) is 0 Å². The van der Waals surface area contributed by atoms with Crippen molar-refractivity contribution in [1.29, 1.82) is 0 Å². The van der Waals surface area contributed by atoms with E-state index in [1.165, 1.54) is 10.9 Å². The van der Waals surface area contributed by atoms with Gasteiger partial charge in [-0.1, -0.05) is 18.2 Å². The van der Waals surface area contributed by atoms with E-state index in [1.807, 2.05) is 37.5 Å². The van der Waals surface area contributed by atoms with Crippen LogP contribution in [-0.4, -0.2) is 62.5 Å². The Morgan fingerprint density at radius 2 is 1.85 bits per heavy atom. The van der Waals surface area contributed by atoms with E-state index in [0.29, 0.717) is 5.92 Å². The van der Waals surface area contributed by atoms with Gasteiger partial charge in [-0.25, -0.2) is 4.79 Å². The SMILES string of the molecule is CN(C)C(=O)N1CCC(C(Nc2cc(-c3ccc4ccn(C)c4c3)c3nccnc3c2)c2cccnc2)CC1. The smallest absolute Gasteiger partial charge is 0.319 e. The molecule has 5 aromatic rings. The van der Waals surface area contributed by atoms with Gasteiger partial charge in [0.2, 0.25) is 0 Å². The van der Waals surface area contributed by atoms with Crippen molar-refractivity contribution < 1.29 is 4.79 Å². The molecule has 1 atom stereocenters. The van der Waals surface area contributed by atoms with Crippen LogP contribution in [-0.2, 0) is 7.05 Å². The summed E-state index contributed by atoms with van der Waals surface area (Å²) in [4.78, 5) is 29.9. The first kappa shape index (κ1) is 24.9. The molecular weight excluding hydrogens is 486 g/mol. The number of carbonyl (C=O) groups excluding carboxylic acids is 1. The van der Waals surface area contributed by atoms with Crippen LogP contribution in [0.3, 0.4) is 0 Å². The van der Waals surface area contributed by atoms with E-state index in [1.54, 1.807) is 17.3 Å². The van der Waals surface area contributed by atoms with Crippen LogP contribution in [0.25, 0.3) is 33.1 Å². The molecule has 8 nitrogen and oxygen atoms in total. The zero-order chi connectivity index (χ0) is 26.9. The molecular formula is C31H33N7O. The van der Waals surface area contributed by atoms with Crippen molar-refractivity contribution in [2.24, 2.45) is 13.0 Å². The van der Waals surface area contributed by atoms with Gasteiger partial charge in [-0.2, -0.15) is 0 Å². The van der Waals surface area contributed by atoms with Crippen LogP contribution >= 0.6 is 0 Å². The number of nitrogens with zero attached hydrogens (tertiary/aromatic N) is 6. The predicted molar refractivity (Wildman–Crippen MR) is 155 cm³/mol. The molecule has 198 valence electrons. The summed E-state index contributed by atoms with van der Waals surface area (Å²) in [5.41, 5.74) is 7.18. The number of piperidine rings is 1. The summed E-state index contributed by atoms with van der Waals surface area (Å²) < 4.78 is 2.14. The third kappa shape index (κ3) is 4.90. The molecule has 0 aliphatic carbocycles. The van der Waals surface area contributed by atoms with Crippen LogP contribution in [0.15, 0.2) is 79.5 Å². The van der Waals surface area contributed by atoms with Gasteiger partial charge in [-0.3, -0.25) is 15.0 Å². The maximum absolute atomic E-state index is 12.5. The van der Waals surface area contributed by atoms with E-state index in [4.69, 9.17) is 4.98 Å². The molecule has 4 heterocycles. The van der Waals surface area contributed by atoms with Crippen LogP contribution in [0.1, 0.15) is 24.4 Å². The normalized spacial score (nSPS) is 15.0. The van der Waals surface area contributed by atoms with Crippen molar-refractivity contribution in [2.45, 2.75) is 18.9 Å². The molecule has 2 amide bonds. The zero-order valence-electron chi connectivity index (χ0n) is 22.6. The van der Waals surface area contributed by atoms with Crippen LogP contribution in [0.4, 0.5) is 10.5 Å². The maximum Gasteiger partial charge on any atom is 0.319 e. The summed E-state index contributed by atoms with van der Waals surface area (Å²) >= 11 is 0. The predicted octanol–water partition coefficient (Wildman–Crippen LogP) is 5.73. The molecule has 0 saturated carbocycles.